The summed E-state index contributed by atoms with van der Waals surface area (Å²) in [6.07, 6.45) is 3.52. The molecule has 0 bridgehead atoms. The topological polar surface area (TPSA) is 26.0 Å². The molecule has 1 aliphatic carbocycles. The molecular formula is C10H13BrClN. The van der Waals surface area contributed by atoms with E-state index >= 15 is 0 Å². The molecular weight excluding hydrogens is 249 g/mol. The minimum absolute atomic E-state index is 0. The lowest BCUT2D eigenvalue weighted by molar-refractivity contribution is 0.569. The molecule has 0 fully saturated rings. The molecule has 1 aromatic rings. The van der Waals surface area contributed by atoms with E-state index in [9.17, 15) is 0 Å². The van der Waals surface area contributed by atoms with Crippen molar-refractivity contribution in [2.75, 3.05) is 0 Å². The van der Waals surface area contributed by atoms with Gasteiger partial charge in [-0.15, -0.1) is 12.4 Å². The molecule has 0 aromatic heterocycles. The molecule has 2 N–H and O–H groups in total. The molecule has 0 aliphatic heterocycles. The van der Waals surface area contributed by atoms with Gasteiger partial charge in [0, 0.05) is 10.5 Å². The van der Waals surface area contributed by atoms with Gasteiger partial charge in [-0.05, 0) is 36.5 Å². The Labute approximate surface area is 93.2 Å². The van der Waals surface area contributed by atoms with Crippen LogP contribution in [0.5, 0.6) is 0 Å². The summed E-state index contributed by atoms with van der Waals surface area (Å²) >= 11 is 3.55. The van der Waals surface area contributed by atoms with Crippen LogP contribution in [0.2, 0.25) is 0 Å². The Bertz CT molecular complexity index is 301. The zero-order chi connectivity index (χ0) is 8.55. The van der Waals surface area contributed by atoms with Crippen LogP contribution < -0.4 is 5.73 Å². The van der Waals surface area contributed by atoms with Crippen LogP contribution in [0.15, 0.2) is 22.7 Å². The minimum atomic E-state index is 0. The summed E-state index contributed by atoms with van der Waals surface area (Å²) in [7, 11) is 0. The van der Waals surface area contributed by atoms with Gasteiger partial charge in [0.15, 0.2) is 0 Å². The first-order chi connectivity index (χ1) is 5.79. The first-order valence-electron chi connectivity index (χ1n) is 4.32. The maximum atomic E-state index is 5.99. The predicted molar refractivity (Wildman–Crippen MR) is 61.3 cm³/mol. The number of rotatable bonds is 0. The third-order valence-corrected chi connectivity index (χ3v) is 3.24. The van der Waals surface area contributed by atoms with Crippen LogP contribution in [0, 0.1) is 0 Å². The first-order valence-corrected chi connectivity index (χ1v) is 5.11. The third kappa shape index (κ3) is 2.06. The van der Waals surface area contributed by atoms with Crippen molar-refractivity contribution in [3.63, 3.8) is 0 Å². The summed E-state index contributed by atoms with van der Waals surface area (Å²) in [4.78, 5) is 0. The van der Waals surface area contributed by atoms with E-state index in [4.69, 9.17) is 5.73 Å². The molecule has 0 saturated heterocycles. The van der Waals surface area contributed by atoms with E-state index in [0.29, 0.717) is 0 Å². The standard InChI is InChI=1S/C10H12BrN.ClH/c11-9-5-1-4-8-7(9)3-2-6-10(8)12;/h1,4-5,10H,2-3,6,12H2;1H. The van der Waals surface area contributed by atoms with Crippen LogP contribution in [0.25, 0.3) is 0 Å². The van der Waals surface area contributed by atoms with Gasteiger partial charge in [-0.2, -0.15) is 0 Å². The molecule has 2 rings (SSSR count). The molecule has 1 atom stereocenters. The summed E-state index contributed by atoms with van der Waals surface area (Å²) in [6.45, 7) is 0. The van der Waals surface area contributed by atoms with Crippen LogP contribution in [0.3, 0.4) is 0 Å². The van der Waals surface area contributed by atoms with Crippen molar-refractivity contribution in [3.8, 4) is 0 Å². The maximum absolute atomic E-state index is 5.99. The number of hydrogen-bond acceptors (Lipinski definition) is 1. The molecule has 0 amide bonds. The third-order valence-electron chi connectivity index (χ3n) is 2.50. The average Bonchev–Trinajstić information content (AvgIpc) is 2.07. The quantitative estimate of drug-likeness (QED) is 0.763. The normalized spacial score (nSPS) is 20.3. The highest BCUT2D eigenvalue weighted by Crippen LogP contribution is 2.32. The Hall–Kier alpha value is -0.0500. The molecule has 1 unspecified atom stereocenters. The van der Waals surface area contributed by atoms with Crippen molar-refractivity contribution < 1.29 is 0 Å². The number of fused-ring (bicyclic) bond motifs is 1. The minimum Gasteiger partial charge on any atom is -0.324 e. The van der Waals surface area contributed by atoms with E-state index in [0.717, 1.165) is 6.42 Å². The lowest BCUT2D eigenvalue weighted by atomic mass is 9.88. The molecule has 3 heteroatoms. The SMILES string of the molecule is Cl.NC1CCCc2c(Br)cccc21. The van der Waals surface area contributed by atoms with Gasteiger partial charge in [0.2, 0.25) is 0 Å². The second kappa shape index (κ2) is 4.45. The summed E-state index contributed by atoms with van der Waals surface area (Å²) in [5.41, 5.74) is 8.74. The molecule has 1 aromatic carbocycles. The number of hydrogen-bond donors (Lipinski definition) is 1. The molecule has 72 valence electrons. The Morgan fingerprint density at radius 3 is 2.85 bits per heavy atom. The van der Waals surface area contributed by atoms with Gasteiger partial charge in [0.05, 0.1) is 0 Å². The Morgan fingerprint density at radius 2 is 2.15 bits per heavy atom. The van der Waals surface area contributed by atoms with Crippen molar-refractivity contribution in [2.24, 2.45) is 5.73 Å². The fraction of sp³-hybridized carbons (Fsp3) is 0.400. The number of nitrogens with two attached hydrogens (primary N) is 1. The van der Waals surface area contributed by atoms with E-state index in [1.54, 1.807) is 0 Å². The van der Waals surface area contributed by atoms with E-state index in [2.05, 4.69) is 34.1 Å². The predicted octanol–water partition coefficient (Wildman–Crippen LogP) is 3.21. The van der Waals surface area contributed by atoms with Gasteiger partial charge in [-0.1, -0.05) is 28.1 Å². The van der Waals surface area contributed by atoms with E-state index < -0.39 is 0 Å². The molecule has 0 heterocycles. The zero-order valence-electron chi connectivity index (χ0n) is 7.29. The monoisotopic (exact) mass is 261 g/mol. The van der Waals surface area contributed by atoms with E-state index in [1.165, 1.54) is 28.4 Å². The molecule has 1 aliphatic rings. The summed E-state index contributed by atoms with van der Waals surface area (Å²) < 4.78 is 1.22. The van der Waals surface area contributed by atoms with Crippen LogP contribution in [-0.4, -0.2) is 0 Å². The Morgan fingerprint density at radius 1 is 1.38 bits per heavy atom. The summed E-state index contributed by atoms with van der Waals surface area (Å²) in [5.74, 6) is 0. The molecule has 0 spiro atoms. The van der Waals surface area contributed by atoms with Crippen LogP contribution in [0.1, 0.15) is 30.0 Å². The highest BCUT2D eigenvalue weighted by Gasteiger charge is 2.17. The van der Waals surface area contributed by atoms with Gasteiger partial charge in [-0.3, -0.25) is 0 Å². The number of benzene rings is 1. The maximum Gasteiger partial charge on any atom is 0.0298 e. The van der Waals surface area contributed by atoms with E-state index in [-0.39, 0.29) is 18.4 Å². The van der Waals surface area contributed by atoms with Gasteiger partial charge in [-0.25, -0.2) is 0 Å². The lowest BCUT2D eigenvalue weighted by Gasteiger charge is -2.22. The van der Waals surface area contributed by atoms with Crippen molar-refractivity contribution in [2.45, 2.75) is 25.3 Å². The second-order valence-electron chi connectivity index (χ2n) is 3.31. The average molecular weight is 263 g/mol. The second-order valence-corrected chi connectivity index (χ2v) is 4.16. The van der Waals surface area contributed by atoms with Crippen LogP contribution in [-0.2, 0) is 6.42 Å². The fourth-order valence-corrected chi connectivity index (χ4v) is 2.42. The van der Waals surface area contributed by atoms with Gasteiger partial charge < -0.3 is 5.73 Å². The van der Waals surface area contributed by atoms with Gasteiger partial charge in [0.1, 0.15) is 0 Å². The summed E-state index contributed by atoms with van der Waals surface area (Å²) in [6, 6.07) is 6.56. The molecule has 13 heavy (non-hydrogen) atoms. The lowest BCUT2D eigenvalue weighted by Crippen LogP contribution is -2.17. The molecule has 1 nitrogen and oxygen atoms in total. The van der Waals surface area contributed by atoms with Crippen LogP contribution >= 0.6 is 28.3 Å². The fourth-order valence-electron chi connectivity index (χ4n) is 1.84. The zero-order valence-corrected chi connectivity index (χ0v) is 9.70. The van der Waals surface area contributed by atoms with Crippen molar-refractivity contribution in [1.29, 1.82) is 0 Å². The Kier molecular flexibility index (Phi) is 3.77. The molecule has 0 radical (unpaired) electrons. The molecule has 0 saturated carbocycles. The Balaban J connectivity index is 0.000000845. The highest BCUT2D eigenvalue weighted by atomic mass is 79.9. The van der Waals surface area contributed by atoms with Crippen LogP contribution in [0.4, 0.5) is 0 Å². The first kappa shape index (κ1) is 11.0. The van der Waals surface area contributed by atoms with E-state index in [1.807, 2.05) is 0 Å². The van der Waals surface area contributed by atoms with Gasteiger partial charge in [0.25, 0.3) is 0 Å². The number of halogens is 2. The summed E-state index contributed by atoms with van der Waals surface area (Å²) in [5, 5.41) is 0. The highest BCUT2D eigenvalue weighted by molar-refractivity contribution is 9.10. The van der Waals surface area contributed by atoms with Crippen molar-refractivity contribution in [1.82, 2.24) is 0 Å². The van der Waals surface area contributed by atoms with Crippen molar-refractivity contribution in [3.05, 3.63) is 33.8 Å². The smallest absolute Gasteiger partial charge is 0.0298 e. The van der Waals surface area contributed by atoms with Gasteiger partial charge >= 0.3 is 0 Å². The largest absolute Gasteiger partial charge is 0.324 e. The van der Waals surface area contributed by atoms with Crippen molar-refractivity contribution >= 4 is 28.3 Å².